The van der Waals surface area contributed by atoms with Gasteiger partial charge in [-0.1, -0.05) is 60.7 Å². The third-order valence-corrected chi connectivity index (χ3v) is 4.87. The third-order valence-electron chi connectivity index (χ3n) is 4.59. The maximum Gasteiger partial charge on any atom is 0.205 e. The predicted octanol–water partition coefficient (Wildman–Crippen LogP) is 3.72. The van der Waals surface area contributed by atoms with Crippen molar-refractivity contribution in [3.8, 4) is 22.5 Å². The zero-order chi connectivity index (χ0) is 20.1. The highest BCUT2D eigenvalue weighted by molar-refractivity contribution is 7.79. The van der Waals surface area contributed by atoms with E-state index in [1.54, 1.807) is 0 Å². The molecule has 0 bridgehead atoms. The van der Waals surface area contributed by atoms with Gasteiger partial charge in [0.25, 0.3) is 0 Å². The lowest BCUT2D eigenvalue weighted by Crippen LogP contribution is -2.05. The molecule has 0 amide bonds. The minimum atomic E-state index is 0.529. The summed E-state index contributed by atoms with van der Waals surface area (Å²) >= 11 is 4.30. The van der Waals surface area contributed by atoms with Crippen molar-refractivity contribution in [2.75, 3.05) is 0 Å². The van der Waals surface area contributed by atoms with Crippen molar-refractivity contribution in [1.82, 2.24) is 35.4 Å². The number of nitrogens with zero attached hydrogens (tertiary/aromatic N) is 6. The van der Waals surface area contributed by atoms with Gasteiger partial charge in [0, 0.05) is 12.0 Å². The van der Waals surface area contributed by atoms with Crippen LogP contribution in [0.25, 0.3) is 22.5 Å². The average Bonchev–Trinajstić information content (AvgIpc) is 3.43. The Morgan fingerprint density at radius 2 is 1.86 bits per heavy atom. The number of thiol groups is 1. The smallest absolute Gasteiger partial charge is 0.205 e. The highest BCUT2D eigenvalue weighted by Crippen LogP contribution is 2.29. The van der Waals surface area contributed by atoms with Gasteiger partial charge in [0.1, 0.15) is 5.82 Å². The van der Waals surface area contributed by atoms with Gasteiger partial charge in [-0.2, -0.15) is 22.9 Å². The number of tetrazole rings is 1. The Hall–Kier alpha value is -3.26. The quantitative estimate of drug-likeness (QED) is 0.363. The molecule has 7 nitrogen and oxygen atoms in total. The molecule has 0 saturated carbocycles. The molecule has 0 fully saturated rings. The molecule has 0 saturated heterocycles. The SMILES string of the molecule is CC=CCn1nc(CS)nc1Cc1ccc(-c2ccccc2-c2nn[nH]n2)cc1. The van der Waals surface area contributed by atoms with Crippen molar-refractivity contribution < 1.29 is 0 Å². The predicted molar refractivity (Wildman–Crippen MR) is 115 cm³/mol. The van der Waals surface area contributed by atoms with Gasteiger partial charge < -0.3 is 0 Å². The Morgan fingerprint density at radius 1 is 1.07 bits per heavy atom. The number of rotatable bonds is 7. The number of nitrogens with one attached hydrogen (secondary N) is 1. The summed E-state index contributed by atoms with van der Waals surface area (Å²) in [5.41, 5.74) is 4.28. The first kappa shape index (κ1) is 19.1. The highest BCUT2D eigenvalue weighted by Gasteiger charge is 2.12. The number of allylic oxidation sites excluding steroid dienone is 2. The highest BCUT2D eigenvalue weighted by atomic mass is 32.1. The van der Waals surface area contributed by atoms with Crippen LogP contribution in [0.5, 0.6) is 0 Å². The molecule has 29 heavy (non-hydrogen) atoms. The lowest BCUT2D eigenvalue weighted by Gasteiger charge is -2.08. The molecule has 8 heteroatoms. The fourth-order valence-electron chi connectivity index (χ4n) is 3.17. The van der Waals surface area contributed by atoms with Crippen molar-refractivity contribution in [1.29, 1.82) is 0 Å². The number of hydrogen-bond acceptors (Lipinski definition) is 6. The van der Waals surface area contributed by atoms with Crippen LogP contribution in [-0.4, -0.2) is 35.4 Å². The second kappa shape index (κ2) is 8.83. The normalized spacial score (nSPS) is 11.4. The van der Waals surface area contributed by atoms with E-state index < -0.39 is 0 Å². The number of benzene rings is 2. The summed E-state index contributed by atoms with van der Waals surface area (Å²) in [6.07, 6.45) is 4.80. The van der Waals surface area contributed by atoms with E-state index in [4.69, 9.17) is 0 Å². The van der Waals surface area contributed by atoms with Crippen molar-refractivity contribution in [2.45, 2.75) is 25.6 Å². The summed E-state index contributed by atoms with van der Waals surface area (Å²) in [4.78, 5) is 4.62. The second-order valence-corrected chi connectivity index (χ2v) is 6.82. The minimum Gasteiger partial charge on any atom is -0.246 e. The zero-order valence-corrected chi connectivity index (χ0v) is 16.9. The van der Waals surface area contributed by atoms with E-state index in [2.05, 4.69) is 79.7 Å². The molecule has 0 radical (unpaired) electrons. The molecule has 4 rings (SSSR count). The summed E-state index contributed by atoms with van der Waals surface area (Å²) in [6, 6.07) is 16.5. The lowest BCUT2D eigenvalue weighted by molar-refractivity contribution is 0.656. The van der Waals surface area contributed by atoms with Crippen LogP contribution in [0.15, 0.2) is 60.7 Å². The second-order valence-electron chi connectivity index (χ2n) is 6.51. The molecule has 0 unspecified atom stereocenters. The third kappa shape index (κ3) is 4.27. The largest absolute Gasteiger partial charge is 0.246 e. The van der Waals surface area contributed by atoms with Gasteiger partial charge in [-0.3, -0.25) is 0 Å². The van der Waals surface area contributed by atoms with Crippen LogP contribution >= 0.6 is 12.6 Å². The van der Waals surface area contributed by atoms with Gasteiger partial charge in [-0.25, -0.2) is 9.67 Å². The molecule has 0 aliphatic rings. The van der Waals surface area contributed by atoms with Crippen LogP contribution in [0.4, 0.5) is 0 Å². The Balaban J connectivity index is 1.60. The van der Waals surface area contributed by atoms with E-state index >= 15 is 0 Å². The summed E-state index contributed by atoms with van der Waals surface area (Å²) in [5.74, 6) is 2.80. The fourth-order valence-corrected chi connectivity index (χ4v) is 3.30. The van der Waals surface area contributed by atoms with Crippen LogP contribution in [0.3, 0.4) is 0 Å². The van der Waals surface area contributed by atoms with Crippen LogP contribution in [0.2, 0.25) is 0 Å². The van der Waals surface area contributed by atoms with Gasteiger partial charge in [-0.05, 0) is 28.8 Å². The molecule has 2 aromatic heterocycles. The van der Waals surface area contributed by atoms with Crippen LogP contribution < -0.4 is 0 Å². The average molecular weight is 404 g/mol. The van der Waals surface area contributed by atoms with Crippen LogP contribution in [-0.2, 0) is 18.7 Å². The molecule has 0 aliphatic heterocycles. The van der Waals surface area contributed by atoms with E-state index in [0.29, 0.717) is 24.5 Å². The summed E-state index contributed by atoms with van der Waals surface area (Å²) in [5, 5.41) is 18.9. The molecule has 1 N–H and O–H groups in total. The van der Waals surface area contributed by atoms with E-state index in [9.17, 15) is 0 Å². The first-order valence-corrected chi connectivity index (χ1v) is 9.98. The summed E-state index contributed by atoms with van der Waals surface area (Å²) in [7, 11) is 0. The maximum atomic E-state index is 4.62. The summed E-state index contributed by atoms with van der Waals surface area (Å²) in [6.45, 7) is 2.71. The van der Waals surface area contributed by atoms with Crippen molar-refractivity contribution in [3.63, 3.8) is 0 Å². The monoisotopic (exact) mass is 403 g/mol. The van der Waals surface area contributed by atoms with E-state index in [0.717, 1.165) is 28.3 Å². The molecular weight excluding hydrogens is 382 g/mol. The fraction of sp³-hybridized carbons (Fsp3) is 0.190. The molecule has 0 spiro atoms. The number of H-pyrrole nitrogens is 1. The first-order valence-electron chi connectivity index (χ1n) is 9.35. The van der Waals surface area contributed by atoms with Crippen molar-refractivity contribution in [3.05, 3.63) is 77.9 Å². The van der Waals surface area contributed by atoms with Crippen LogP contribution in [0.1, 0.15) is 24.1 Å². The Bertz CT molecular complexity index is 1100. The van der Waals surface area contributed by atoms with Crippen molar-refractivity contribution >= 4 is 12.6 Å². The first-order chi connectivity index (χ1) is 14.3. The maximum absolute atomic E-state index is 4.62. The van der Waals surface area contributed by atoms with Gasteiger partial charge >= 0.3 is 0 Å². The molecule has 146 valence electrons. The van der Waals surface area contributed by atoms with Gasteiger partial charge in [0.2, 0.25) is 5.82 Å². The molecule has 4 aromatic rings. The number of aromatic amines is 1. The molecular formula is C21H21N7S. The minimum absolute atomic E-state index is 0.529. The van der Waals surface area contributed by atoms with E-state index in [1.807, 2.05) is 35.9 Å². The van der Waals surface area contributed by atoms with E-state index in [1.165, 1.54) is 5.56 Å². The summed E-state index contributed by atoms with van der Waals surface area (Å²) < 4.78 is 1.94. The zero-order valence-electron chi connectivity index (χ0n) is 16.0. The van der Waals surface area contributed by atoms with E-state index in [-0.39, 0.29) is 0 Å². The van der Waals surface area contributed by atoms with Gasteiger partial charge in [0.05, 0.1) is 12.3 Å². The number of hydrogen-bond donors (Lipinski definition) is 2. The lowest BCUT2D eigenvalue weighted by atomic mass is 9.98. The van der Waals surface area contributed by atoms with Gasteiger partial charge in [0.15, 0.2) is 5.82 Å². The number of aromatic nitrogens is 7. The Morgan fingerprint density at radius 3 is 2.55 bits per heavy atom. The molecule has 0 atom stereocenters. The Labute approximate surface area is 174 Å². The molecule has 0 aliphatic carbocycles. The molecule has 2 aromatic carbocycles. The van der Waals surface area contributed by atoms with Crippen LogP contribution in [0, 0.1) is 0 Å². The van der Waals surface area contributed by atoms with Gasteiger partial charge in [-0.15, -0.1) is 10.2 Å². The standard InChI is InChI=1S/C21H21N7S/c1-2-3-12-28-20(22-19(14-29)25-28)13-15-8-10-16(11-9-15)17-6-4-5-7-18(17)21-23-26-27-24-21/h2-11,29H,12-14H2,1H3,(H,23,24,26,27). The Kier molecular flexibility index (Phi) is 5.81. The van der Waals surface area contributed by atoms with Crippen molar-refractivity contribution in [2.24, 2.45) is 0 Å². The topological polar surface area (TPSA) is 85.2 Å². The molecule has 2 heterocycles.